The molecule has 1 N–H and O–H groups in total. The summed E-state index contributed by atoms with van der Waals surface area (Å²) in [6, 6.07) is 0. The molecular formula is C69H112O5. The molecule has 418 valence electrons. The second-order valence-electron chi connectivity index (χ2n) is 19.7. The van der Waals surface area contributed by atoms with E-state index in [-0.39, 0.29) is 25.2 Å². The van der Waals surface area contributed by atoms with Crippen molar-refractivity contribution in [1.29, 1.82) is 0 Å². The van der Waals surface area contributed by atoms with Crippen LogP contribution < -0.4 is 0 Å². The van der Waals surface area contributed by atoms with Crippen molar-refractivity contribution in [1.82, 2.24) is 0 Å². The van der Waals surface area contributed by atoms with Crippen LogP contribution in [0.1, 0.15) is 258 Å². The molecule has 0 radical (unpaired) electrons. The first-order valence-corrected chi connectivity index (χ1v) is 30.4. The number of hydrogen-bond acceptors (Lipinski definition) is 5. The van der Waals surface area contributed by atoms with Crippen LogP contribution in [0.15, 0.2) is 146 Å². The van der Waals surface area contributed by atoms with Crippen LogP contribution in [0.2, 0.25) is 0 Å². The Bertz CT molecular complexity index is 1580. The summed E-state index contributed by atoms with van der Waals surface area (Å²) in [6.07, 6.45) is 95.4. The number of esters is 2. The van der Waals surface area contributed by atoms with Crippen LogP contribution >= 0.6 is 0 Å². The van der Waals surface area contributed by atoms with E-state index in [4.69, 9.17) is 9.47 Å². The molecule has 0 aliphatic heterocycles. The first-order valence-electron chi connectivity index (χ1n) is 30.4. The van der Waals surface area contributed by atoms with Crippen LogP contribution in [0, 0.1) is 0 Å². The van der Waals surface area contributed by atoms with E-state index in [2.05, 4.69) is 160 Å². The van der Waals surface area contributed by atoms with Gasteiger partial charge in [0, 0.05) is 12.8 Å². The molecule has 0 aliphatic carbocycles. The molecule has 1 atom stereocenters. The first kappa shape index (κ1) is 69.8. The van der Waals surface area contributed by atoms with Gasteiger partial charge in [-0.1, -0.05) is 275 Å². The van der Waals surface area contributed by atoms with E-state index in [1.165, 1.54) is 109 Å². The smallest absolute Gasteiger partial charge is 0.306 e. The van der Waals surface area contributed by atoms with E-state index in [0.717, 1.165) is 122 Å². The number of aliphatic hydroxyl groups is 1. The average molecular weight is 1020 g/mol. The van der Waals surface area contributed by atoms with E-state index < -0.39 is 6.10 Å². The van der Waals surface area contributed by atoms with Crippen LogP contribution in [0.3, 0.4) is 0 Å². The molecule has 0 spiro atoms. The Morgan fingerprint density at radius 2 is 0.541 bits per heavy atom. The third-order valence-corrected chi connectivity index (χ3v) is 12.6. The van der Waals surface area contributed by atoms with Crippen molar-refractivity contribution in [3.05, 3.63) is 146 Å². The van der Waals surface area contributed by atoms with Crippen molar-refractivity contribution in [2.75, 3.05) is 13.2 Å². The second kappa shape index (κ2) is 63.1. The summed E-state index contributed by atoms with van der Waals surface area (Å²) in [5.41, 5.74) is 0. The van der Waals surface area contributed by atoms with Gasteiger partial charge in [-0.05, 0) is 116 Å². The fraction of sp³-hybridized carbons (Fsp3) is 0.623. The predicted molar refractivity (Wildman–Crippen MR) is 324 cm³/mol. The van der Waals surface area contributed by atoms with Crippen molar-refractivity contribution in [3.8, 4) is 0 Å². The summed E-state index contributed by atoms with van der Waals surface area (Å²) in [5.74, 6) is -0.608. The minimum absolute atomic E-state index is 0.0782. The van der Waals surface area contributed by atoms with Gasteiger partial charge in [-0.25, -0.2) is 0 Å². The maximum Gasteiger partial charge on any atom is 0.306 e. The molecule has 5 heteroatoms. The first-order chi connectivity index (χ1) is 36.6. The number of carbonyl (C=O) groups is 2. The maximum absolute atomic E-state index is 12.3. The Morgan fingerprint density at radius 1 is 0.311 bits per heavy atom. The van der Waals surface area contributed by atoms with Crippen molar-refractivity contribution >= 4 is 11.9 Å². The number of carbonyl (C=O) groups excluding carboxylic acids is 2. The van der Waals surface area contributed by atoms with Crippen LogP contribution in [0.4, 0.5) is 0 Å². The number of hydrogen-bond donors (Lipinski definition) is 1. The molecule has 0 aromatic heterocycles. The molecule has 0 fully saturated rings. The summed E-state index contributed by atoms with van der Waals surface area (Å²) in [6.45, 7) is 3.91. The lowest BCUT2D eigenvalue weighted by Crippen LogP contribution is -2.28. The summed E-state index contributed by atoms with van der Waals surface area (Å²) >= 11 is 0. The van der Waals surface area contributed by atoms with Gasteiger partial charge in [-0.15, -0.1) is 0 Å². The Kier molecular flexibility index (Phi) is 59.5. The molecular weight excluding hydrogens is 909 g/mol. The molecule has 0 aromatic carbocycles. The quantitative estimate of drug-likeness (QED) is 0.0373. The van der Waals surface area contributed by atoms with E-state index in [1.807, 2.05) is 0 Å². The zero-order chi connectivity index (χ0) is 53.4. The number of rotatable bonds is 54. The van der Waals surface area contributed by atoms with Gasteiger partial charge in [-0.2, -0.15) is 0 Å². The number of aliphatic hydroxyl groups excluding tert-OH is 1. The number of unbranched alkanes of at least 4 members (excludes halogenated alkanes) is 22. The topological polar surface area (TPSA) is 72.8 Å². The molecule has 0 saturated heterocycles. The monoisotopic (exact) mass is 1020 g/mol. The second-order valence-corrected chi connectivity index (χ2v) is 19.7. The molecule has 0 amide bonds. The van der Waals surface area contributed by atoms with Gasteiger partial charge in [0.25, 0.3) is 0 Å². The lowest BCUT2D eigenvalue weighted by molar-refractivity contribution is -0.161. The normalized spacial score (nSPS) is 13.3. The van der Waals surface area contributed by atoms with Gasteiger partial charge in [0.15, 0.2) is 6.10 Å². The Balaban J connectivity index is 3.55. The van der Waals surface area contributed by atoms with Crippen molar-refractivity contribution in [2.45, 2.75) is 264 Å². The van der Waals surface area contributed by atoms with E-state index >= 15 is 0 Å². The molecule has 5 nitrogen and oxygen atoms in total. The molecule has 0 bridgehead atoms. The van der Waals surface area contributed by atoms with Crippen LogP contribution in [-0.4, -0.2) is 36.4 Å². The maximum atomic E-state index is 12.3. The van der Waals surface area contributed by atoms with Gasteiger partial charge in [0.2, 0.25) is 0 Å². The minimum atomic E-state index is -0.790. The van der Waals surface area contributed by atoms with Gasteiger partial charge in [0.05, 0.1) is 6.61 Å². The van der Waals surface area contributed by atoms with Crippen molar-refractivity contribution in [2.24, 2.45) is 0 Å². The number of ether oxygens (including phenoxy) is 2. The zero-order valence-corrected chi connectivity index (χ0v) is 47.8. The molecule has 0 saturated carbocycles. The lowest BCUT2D eigenvalue weighted by Gasteiger charge is -2.15. The highest BCUT2D eigenvalue weighted by Gasteiger charge is 2.16. The van der Waals surface area contributed by atoms with Gasteiger partial charge in [0.1, 0.15) is 6.61 Å². The predicted octanol–water partition coefficient (Wildman–Crippen LogP) is 21.0. The van der Waals surface area contributed by atoms with Gasteiger partial charge < -0.3 is 14.6 Å². The largest absolute Gasteiger partial charge is 0.462 e. The molecule has 0 aliphatic rings. The third kappa shape index (κ3) is 60.3. The Morgan fingerprint density at radius 3 is 0.811 bits per heavy atom. The van der Waals surface area contributed by atoms with Gasteiger partial charge >= 0.3 is 11.9 Å². The fourth-order valence-corrected chi connectivity index (χ4v) is 8.15. The molecule has 1 unspecified atom stereocenters. The summed E-state index contributed by atoms with van der Waals surface area (Å²) < 4.78 is 10.7. The molecule has 0 heterocycles. The van der Waals surface area contributed by atoms with Crippen LogP contribution in [0.5, 0.6) is 0 Å². The van der Waals surface area contributed by atoms with Crippen LogP contribution in [0.25, 0.3) is 0 Å². The summed E-state index contributed by atoms with van der Waals surface area (Å²) in [4.78, 5) is 24.6. The highest BCUT2D eigenvalue weighted by Crippen LogP contribution is 2.15. The van der Waals surface area contributed by atoms with Crippen molar-refractivity contribution < 1.29 is 24.2 Å². The zero-order valence-electron chi connectivity index (χ0n) is 47.8. The average Bonchev–Trinajstić information content (AvgIpc) is 3.40. The lowest BCUT2D eigenvalue weighted by atomic mass is 10.0. The fourth-order valence-electron chi connectivity index (χ4n) is 8.15. The summed E-state index contributed by atoms with van der Waals surface area (Å²) in [7, 11) is 0. The van der Waals surface area contributed by atoms with Gasteiger partial charge in [-0.3, -0.25) is 9.59 Å². The highest BCUT2D eigenvalue weighted by molar-refractivity contribution is 5.70. The van der Waals surface area contributed by atoms with E-state index in [9.17, 15) is 14.7 Å². The number of allylic oxidation sites excluding steroid dienone is 24. The highest BCUT2D eigenvalue weighted by atomic mass is 16.6. The molecule has 0 aromatic rings. The SMILES string of the molecule is CC/C=C\C/C=C\C/C=C\C/C=C\C/C=C\C/C=C\C/C=C\CCCCCCCCCC(=O)OC(CO)COC(=O)CCCCCCCCCCCCCCCCC/C=C\C/C=C\C/C=C\C/C=C\C/C=C\CC. The van der Waals surface area contributed by atoms with E-state index in [1.54, 1.807) is 0 Å². The standard InChI is InChI=1S/C69H112O5/c1-3-5-7-9-11-13-15-17-19-21-23-25-27-29-31-33-34-36-37-39-41-43-45-47-49-51-53-55-57-59-61-63-68(71)73-66-67(65-70)74-69(72)64-62-60-58-56-54-52-50-48-46-44-42-40-38-35-32-30-28-26-24-22-20-18-16-14-12-10-8-6-4-2/h5-8,11-14,17-20,23-26,29-32,38,40,44,46,67,70H,3-4,9-10,15-16,21-22,27-28,33-37,39,41-43,45,47-66H2,1-2H3/b7-5-,8-6-,13-11-,14-12-,19-17-,20-18-,25-23-,26-24-,31-29-,32-30-,40-38-,46-44-. The molecule has 0 rings (SSSR count). The summed E-state index contributed by atoms with van der Waals surface area (Å²) in [5, 5.41) is 9.68. The third-order valence-electron chi connectivity index (χ3n) is 12.6. The Hall–Kier alpha value is -4.22. The van der Waals surface area contributed by atoms with Crippen LogP contribution in [-0.2, 0) is 19.1 Å². The minimum Gasteiger partial charge on any atom is -0.462 e. The molecule has 74 heavy (non-hydrogen) atoms. The van der Waals surface area contributed by atoms with Crippen molar-refractivity contribution in [3.63, 3.8) is 0 Å². The Labute approximate surface area is 457 Å². The van der Waals surface area contributed by atoms with E-state index in [0.29, 0.717) is 12.8 Å².